The fourth-order valence-electron chi connectivity index (χ4n) is 17.4. The van der Waals surface area contributed by atoms with Gasteiger partial charge in [0.2, 0.25) is 47.8 Å². The van der Waals surface area contributed by atoms with Crippen LogP contribution >= 0.6 is 0 Å². The lowest BCUT2D eigenvalue weighted by Gasteiger charge is -2.41. The molecule has 41 heteroatoms. The zero-order chi connectivity index (χ0) is 96.5. The molecule has 3 saturated heterocycles. The highest BCUT2D eigenvalue weighted by Crippen LogP contribution is 2.44. The van der Waals surface area contributed by atoms with Crippen LogP contribution in [0.15, 0.2) is 136 Å². The summed E-state index contributed by atoms with van der Waals surface area (Å²) in [6, 6.07) is 24.5. The molecule has 7 N–H and O–H groups in total. The van der Waals surface area contributed by atoms with Crippen molar-refractivity contribution in [3.8, 4) is 17.2 Å². The number of halogens is 12. The van der Waals surface area contributed by atoms with Gasteiger partial charge >= 0.3 is 11.9 Å². The molecule has 1 aromatic heterocycles. The van der Waals surface area contributed by atoms with Gasteiger partial charge in [-0.3, -0.25) is 29.4 Å². The van der Waals surface area contributed by atoms with Crippen LogP contribution in [0.3, 0.4) is 0 Å². The summed E-state index contributed by atoms with van der Waals surface area (Å²) >= 11 is 0. The van der Waals surface area contributed by atoms with Gasteiger partial charge in [-0.15, -0.1) is 0 Å². The van der Waals surface area contributed by atoms with Crippen molar-refractivity contribution >= 4 is 82.7 Å². The number of amides is 4. The molecule has 3 aliphatic carbocycles. The second-order valence-electron chi connectivity index (χ2n) is 33.4. The van der Waals surface area contributed by atoms with Crippen LogP contribution in [-0.4, -0.2) is 147 Å². The number of anilines is 3. The number of pyridine rings is 1. The first kappa shape index (κ1) is 98.5. The van der Waals surface area contributed by atoms with Crippen LogP contribution in [0.4, 0.5) is 69.7 Å². The number of carbonyl (C=O) groups excluding carboxylic acids is 4. The van der Waals surface area contributed by atoms with Gasteiger partial charge < -0.3 is 40.2 Å². The standard InChI is InChI=1S/C31H31F4N3O6S.C31H30F4N2O6S.C30H29F4N3O6S/c1-17-25(32)27(34)28(35)29(26(17)33)45(43,44)38-14-13-23(38)31(41)37(21-11-12-22(24(39)15-21)30(40)36-42)16-18-7-9-20(10-8-18)19-5-3-2-4-6-19;1-17-25(32)27(34)28(35)29(26(17)33)44(42,43)37-14-13-23(37)30(39)36(21-11-12-22(31(40)41)24(38)15-21)16-18-7-9-20(10-8-18)19-5-3-2-4-6-19;1-16-24(31)26(33)28(27(34)25(16)32)44(42,43)37-12-11-22(37)29(39)36(19-8-9-20(30(40)41)23(38)13-19)15-17-7-10-21(35-14-17)18-5-3-2-4-6-18/h7-12,15,19,23,39,42H,2-6,13-14,16H2,1H3,(H,36,40);7-12,15,19,23,38H,2-6,13-14,16H2,1H3,(H,40,41);7-10,13-14,18,22,38H,2-6,11-12,15H2,1H3,(H,40,41)/t2*23-;22-/m111/s1. The second kappa shape index (κ2) is 40.4. The lowest BCUT2D eigenvalue weighted by atomic mass is 9.84. The third-order valence-electron chi connectivity index (χ3n) is 25.3. The summed E-state index contributed by atoms with van der Waals surface area (Å²) in [4.78, 5) is 79.2. The molecule has 6 aliphatic rings. The highest BCUT2D eigenvalue weighted by Gasteiger charge is 2.52. The van der Waals surface area contributed by atoms with E-state index in [0.717, 1.165) is 166 Å². The average molecular weight is 1920 g/mol. The Bertz CT molecular complexity index is 6070. The Morgan fingerprint density at radius 1 is 0.361 bits per heavy atom. The first-order valence-corrected chi connectivity index (χ1v) is 46.8. The third-order valence-corrected chi connectivity index (χ3v) is 31.1. The van der Waals surface area contributed by atoms with Gasteiger partial charge in [0.1, 0.15) is 46.5 Å². The van der Waals surface area contributed by atoms with Crippen LogP contribution in [0.2, 0.25) is 0 Å². The van der Waals surface area contributed by atoms with Gasteiger partial charge in [0.25, 0.3) is 5.91 Å². The van der Waals surface area contributed by atoms with Crippen LogP contribution < -0.4 is 20.2 Å². The average Bonchev–Trinajstić information content (AvgIpc) is 0.741. The van der Waals surface area contributed by atoms with E-state index in [1.165, 1.54) is 42.9 Å². The van der Waals surface area contributed by atoms with Crippen LogP contribution in [0.25, 0.3) is 0 Å². The normalized spacial score (nSPS) is 17.6. The number of hydroxylamine groups is 1. The predicted molar refractivity (Wildman–Crippen MR) is 456 cm³/mol. The van der Waals surface area contributed by atoms with Gasteiger partial charge in [-0.2, -0.15) is 12.9 Å². The van der Waals surface area contributed by atoms with Gasteiger partial charge in [-0.05, 0) is 161 Å². The van der Waals surface area contributed by atoms with Crippen LogP contribution in [0.5, 0.6) is 17.2 Å². The van der Waals surface area contributed by atoms with Crippen LogP contribution in [-0.2, 0) is 64.1 Å². The summed E-state index contributed by atoms with van der Waals surface area (Å²) in [5, 5.41) is 58.7. The Morgan fingerprint density at radius 2 is 0.647 bits per heavy atom. The van der Waals surface area contributed by atoms with E-state index in [9.17, 15) is 132 Å². The Balaban J connectivity index is 0.000000169. The van der Waals surface area contributed by atoms with Crippen molar-refractivity contribution in [2.45, 2.75) is 207 Å². The van der Waals surface area contributed by atoms with Crippen molar-refractivity contribution in [2.24, 2.45) is 0 Å². The molecule has 0 spiro atoms. The Morgan fingerprint density at radius 3 is 0.940 bits per heavy atom. The topological polar surface area (TPSA) is 371 Å². The third kappa shape index (κ3) is 19.9. The van der Waals surface area contributed by atoms with Crippen LogP contribution in [0.1, 0.15) is 215 Å². The number of rotatable bonds is 24. The minimum atomic E-state index is -5.24. The lowest BCUT2D eigenvalue weighted by Crippen LogP contribution is -2.59. The summed E-state index contributed by atoms with van der Waals surface area (Å²) in [7, 11) is -15.5. The van der Waals surface area contributed by atoms with Crippen molar-refractivity contribution in [3.05, 3.63) is 258 Å². The molecule has 8 aromatic carbocycles. The maximum atomic E-state index is 14.9. The molecular weight excluding hydrogens is 1830 g/mol. The van der Waals surface area contributed by atoms with E-state index >= 15 is 0 Å². The van der Waals surface area contributed by atoms with Crippen molar-refractivity contribution in [1.82, 2.24) is 23.4 Å². The first-order chi connectivity index (χ1) is 63.0. The van der Waals surface area contributed by atoms with Gasteiger partial charge in [-0.25, -0.2) is 93.0 Å². The molecule has 15 rings (SSSR count). The summed E-state index contributed by atoms with van der Waals surface area (Å²) in [6.45, 7) is 0.816. The minimum Gasteiger partial charge on any atom is -0.507 e. The molecule has 9 aromatic rings. The van der Waals surface area contributed by atoms with Gasteiger partial charge in [0.05, 0.1) is 25.2 Å². The van der Waals surface area contributed by atoms with E-state index < -0.39 is 213 Å². The highest BCUT2D eigenvalue weighted by atomic mass is 32.2. The Labute approximate surface area is 755 Å². The largest absolute Gasteiger partial charge is 0.507 e. The zero-order valence-corrected chi connectivity index (χ0v) is 73.9. The summed E-state index contributed by atoms with van der Waals surface area (Å²) in [6.07, 6.45) is 18.0. The number of carboxylic acid groups (broad SMARTS) is 2. The maximum Gasteiger partial charge on any atom is 0.339 e. The van der Waals surface area contributed by atoms with Gasteiger partial charge in [0, 0.05) is 89.4 Å². The molecule has 133 heavy (non-hydrogen) atoms. The second-order valence-corrected chi connectivity index (χ2v) is 38.9. The first-order valence-electron chi connectivity index (χ1n) is 42.5. The monoisotopic (exact) mass is 1920 g/mol. The van der Waals surface area contributed by atoms with Gasteiger partial charge in [0.15, 0.2) is 84.5 Å². The number of nitrogens with zero attached hydrogens (tertiary/aromatic N) is 7. The number of aromatic hydroxyl groups is 3. The van der Waals surface area contributed by atoms with E-state index in [1.807, 2.05) is 54.6 Å². The minimum absolute atomic E-state index is 0.00268. The summed E-state index contributed by atoms with van der Waals surface area (Å²) in [5.74, 6) is -31.2. The van der Waals surface area contributed by atoms with Crippen molar-refractivity contribution < 1.29 is 137 Å². The molecule has 0 unspecified atom stereocenters. The number of carboxylic acids is 2. The van der Waals surface area contributed by atoms with Crippen molar-refractivity contribution in [1.29, 1.82) is 0 Å². The fraction of sp³-hybridized carbons (Fsp3) is 0.359. The maximum absolute atomic E-state index is 14.9. The lowest BCUT2D eigenvalue weighted by molar-refractivity contribution is -0.125. The molecule has 6 fully saturated rings. The molecule has 26 nitrogen and oxygen atoms in total. The summed E-state index contributed by atoms with van der Waals surface area (Å²) < 4.78 is 255. The van der Waals surface area contributed by atoms with E-state index in [1.54, 1.807) is 12.3 Å². The molecular formula is C92H90F12N8O18S3. The number of phenolic OH excluding ortho intramolecular Hbond substituents is 1. The molecule has 3 aliphatic heterocycles. The molecule has 4 heterocycles. The Hall–Kier alpha value is -12.0. The number of nitrogens with one attached hydrogen (secondary N) is 1. The number of benzene rings is 8. The van der Waals surface area contributed by atoms with Crippen molar-refractivity contribution in [3.63, 3.8) is 0 Å². The number of carbonyl (C=O) groups is 6. The van der Waals surface area contributed by atoms with E-state index in [0.29, 0.717) is 47.4 Å². The van der Waals surface area contributed by atoms with Crippen molar-refractivity contribution in [2.75, 3.05) is 34.3 Å². The molecule has 3 saturated carbocycles. The number of hydrogen-bond acceptors (Lipinski definition) is 17. The van der Waals surface area contributed by atoms with E-state index in [2.05, 4.69) is 4.98 Å². The smallest absolute Gasteiger partial charge is 0.339 e. The number of hydrogen-bond donors (Lipinski definition) is 7. The van der Waals surface area contributed by atoms with Crippen LogP contribution in [0, 0.1) is 90.6 Å². The quantitative estimate of drug-likeness (QED) is 0.00971. The summed E-state index contributed by atoms with van der Waals surface area (Å²) in [5.41, 5.74) is 2.22. The molecule has 0 radical (unpaired) electrons. The molecule has 708 valence electrons. The zero-order valence-electron chi connectivity index (χ0n) is 71.5. The predicted octanol–water partition coefficient (Wildman–Crippen LogP) is 16.8. The van der Waals surface area contributed by atoms with E-state index in [4.69, 9.17) is 5.21 Å². The fourth-order valence-corrected chi connectivity index (χ4v) is 22.7. The van der Waals surface area contributed by atoms with Gasteiger partial charge in [-0.1, -0.05) is 112 Å². The number of sulfonamides is 3. The van der Waals surface area contributed by atoms with E-state index in [-0.39, 0.29) is 81.2 Å². The Kier molecular flexibility index (Phi) is 29.9. The number of aromatic carboxylic acids is 2. The highest BCUT2D eigenvalue weighted by molar-refractivity contribution is 7.89. The SMILES string of the molecule is Cc1c(F)c(F)c(F)c(S(=O)(=O)N2CC[C@@H]2C(=O)N(Cc2ccc(C3CCCCC3)cc2)c2ccc(C(=O)NO)c(O)c2)c1F.Cc1c(F)c(F)c(F)c(S(=O)(=O)N2CC[C@@H]2C(=O)N(Cc2ccc(C3CCCCC3)cc2)c2ccc(C(=O)O)c(O)c2)c1F.Cc1c(F)c(F)c(S(=O)(=O)N2CC[C@@H]2C(=O)N(Cc2ccc(C3CCCCC3)nc2)c2ccc(C(=O)O)c(O)c2)c(F)c1F. The molecule has 3 atom stereocenters. The number of aromatic nitrogens is 1. The molecule has 4 amide bonds. The number of phenols is 3. The molecule has 0 bridgehead atoms.